The van der Waals surface area contributed by atoms with Gasteiger partial charge < -0.3 is 25.2 Å². The van der Waals surface area contributed by atoms with E-state index in [2.05, 4.69) is 26.0 Å². The topological polar surface area (TPSA) is 155 Å². The largest absolute Gasteiger partial charge is 0.472 e. The van der Waals surface area contributed by atoms with Crippen LogP contribution in [-0.2, 0) is 32.7 Å². The van der Waals surface area contributed by atoms with Gasteiger partial charge >= 0.3 is 19.8 Å². The van der Waals surface area contributed by atoms with Crippen LogP contribution in [0.1, 0.15) is 213 Å². The van der Waals surface area contributed by atoms with Crippen molar-refractivity contribution in [1.29, 1.82) is 0 Å². The number of carbonyl (C=O) groups excluding carboxylic acids is 2. The maximum Gasteiger partial charge on any atom is 0.472 e. The normalized spacial score (nSPS) is 14.1. The predicted octanol–water partition coefficient (Wildman–Crippen LogP) is 12.7. The lowest BCUT2D eigenvalue weighted by atomic mass is 10.0. The van der Waals surface area contributed by atoms with Gasteiger partial charge in [0.25, 0.3) is 0 Å². The Labute approximate surface area is 355 Å². The average Bonchev–Trinajstić information content (AvgIpc) is 3.20. The Kier molecular flexibility index (Phi) is 41.9. The summed E-state index contributed by atoms with van der Waals surface area (Å²) in [6, 6.07) is 0. The number of allylic oxidation sites excluding steroid dienone is 5. The third-order valence-electron chi connectivity index (χ3n) is 10.1. The van der Waals surface area contributed by atoms with Gasteiger partial charge in [0.1, 0.15) is 6.61 Å². The number of ether oxygens (including phenoxy) is 2. The van der Waals surface area contributed by atoms with Crippen LogP contribution in [0.25, 0.3) is 0 Å². The fraction of sp³-hybridized carbons (Fsp3) is 0.830. The second kappa shape index (κ2) is 43.3. The molecule has 0 heterocycles. The zero-order valence-electron chi connectivity index (χ0n) is 37.1. The van der Waals surface area contributed by atoms with Gasteiger partial charge in [-0.2, -0.15) is 0 Å². The summed E-state index contributed by atoms with van der Waals surface area (Å²) >= 11 is 0. The molecule has 340 valence electrons. The molecule has 3 atom stereocenters. The van der Waals surface area contributed by atoms with Gasteiger partial charge in [-0.1, -0.05) is 198 Å². The molecule has 0 aliphatic carbocycles. The molecule has 0 radical (unpaired) electrons. The maximum absolute atomic E-state index is 12.6. The zero-order chi connectivity index (χ0) is 42.6. The molecule has 0 aliphatic rings. The van der Waals surface area contributed by atoms with Crippen molar-refractivity contribution in [3.8, 4) is 0 Å². The Bertz CT molecular complexity index is 1070. The van der Waals surface area contributed by atoms with Gasteiger partial charge in [0.15, 0.2) is 6.10 Å². The Morgan fingerprint density at radius 1 is 0.603 bits per heavy atom. The number of phosphoric ester groups is 1. The van der Waals surface area contributed by atoms with E-state index >= 15 is 0 Å². The summed E-state index contributed by atoms with van der Waals surface area (Å²) in [5.41, 5.74) is 5.34. The Hall–Kier alpha value is -1.81. The third-order valence-corrected chi connectivity index (χ3v) is 11.1. The highest BCUT2D eigenvalue weighted by molar-refractivity contribution is 7.47. The zero-order valence-corrected chi connectivity index (χ0v) is 38.0. The molecule has 0 bridgehead atoms. The first-order valence-corrected chi connectivity index (χ1v) is 25.1. The minimum absolute atomic E-state index is 0.00833. The van der Waals surface area contributed by atoms with Crippen LogP contribution in [0.3, 0.4) is 0 Å². The number of rotatable bonds is 44. The quantitative estimate of drug-likeness (QED) is 0.0177. The predicted molar refractivity (Wildman–Crippen MR) is 240 cm³/mol. The fourth-order valence-electron chi connectivity index (χ4n) is 6.59. The number of unbranched alkanes of at least 4 members (excludes halogenated alkanes) is 24. The number of esters is 2. The van der Waals surface area contributed by atoms with Gasteiger partial charge in [-0.25, -0.2) is 4.57 Å². The van der Waals surface area contributed by atoms with E-state index in [1.807, 2.05) is 12.2 Å². The smallest absolute Gasteiger partial charge is 0.462 e. The first-order chi connectivity index (χ1) is 28.2. The first-order valence-electron chi connectivity index (χ1n) is 23.6. The third kappa shape index (κ3) is 42.3. The van der Waals surface area contributed by atoms with E-state index in [1.165, 1.54) is 135 Å². The van der Waals surface area contributed by atoms with Crippen LogP contribution in [0.15, 0.2) is 36.5 Å². The lowest BCUT2D eigenvalue weighted by Crippen LogP contribution is -2.29. The monoisotopic (exact) mass is 842 g/mol. The van der Waals surface area contributed by atoms with Crippen LogP contribution >= 0.6 is 7.82 Å². The molecule has 10 nitrogen and oxygen atoms in total. The van der Waals surface area contributed by atoms with Crippen molar-refractivity contribution in [3.63, 3.8) is 0 Å². The molecule has 0 aliphatic heterocycles. The van der Waals surface area contributed by atoms with Crippen molar-refractivity contribution in [3.05, 3.63) is 36.5 Å². The molecule has 4 N–H and O–H groups in total. The van der Waals surface area contributed by atoms with Gasteiger partial charge in [-0.3, -0.25) is 18.6 Å². The molecular weight excluding hydrogens is 753 g/mol. The molecule has 0 aromatic rings. The summed E-state index contributed by atoms with van der Waals surface area (Å²) in [6.45, 7) is 3.53. The molecule has 11 heteroatoms. The number of aliphatic hydroxyl groups is 1. The Morgan fingerprint density at radius 3 is 1.64 bits per heavy atom. The van der Waals surface area contributed by atoms with Crippen molar-refractivity contribution < 1.29 is 42.7 Å². The molecule has 2 unspecified atom stereocenters. The van der Waals surface area contributed by atoms with Crippen LogP contribution in [-0.4, -0.2) is 60.5 Å². The number of hydrogen-bond acceptors (Lipinski definition) is 9. The van der Waals surface area contributed by atoms with E-state index in [0.717, 1.165) is 32.1 Å². The lowest BCUT2D eigenvalue weighted by Gasteiger charge is -2.20. The van der Waals surface area contributed by atoms with E-state index < -0.39 is 38.6 Å². The van der Waals surface area contributed by atoms with Crippen molar-refractivity contribution >= 4 is 19.8 Å². The summed E-state index contributed by atoms with van der Waals surface area (Å²) in [5, 5.41) is 10.3. The molecule has 0 spiro atoms. The number of carbonyl (C=O) groups is 2. The molecule has 0 fully saturated rings. The SMILES string of the molecule is CCCCCCCC/C=C/C/C=C/C=C/C(O)CCCC(=O)O[C@H](COC(=O)CCCCCCCCCCCCCCCCCCCCC)COP(=O)(O)OCCN. The minimum atomic E-state index is -4.43. The number of aliphatic hydroxyl groups excluding tert-OH is 1. The lowest BCUT2D eigenvalue weighted by molar-refractivity contribution is -0.161. The highest BCUT2D eigenvalue weighted by atomic mass is 31.2. The average molecular weight is 842 g/mol. The molecule has 0 saturated heterocycles. The molecule has 0 amide bonds. The summed E-state index contributed by atoms with van der Waals surface area (Å²) in [7, 11) is -4.43. The van der Waals surface area contributed by atoms with Gasteiger partial charge in [-0.05, 0) is 38.5 Å². The number of phosphoric acid groups is 1. The molecule has 0 saturated carbocycles. The van der Waals surface area contributed by atoms with Crippen molar-refractivity contribution in [2.75, 3.05) is 26.4 Å². The van der Waals surface area contributed by atoms with Crippen LogP contribution in [0.5, 0.6) is 0 Å². The summed E-state index contributed by atoms with van der Waals surface area (Å²) in [6.07, 6.45) is 44.9. The Balaban J connectivity index is 4.24. The maximum atomic E-state index is 12.6. The van der Waals surface area contributed by atoms with E-state index in [4.69, 9.17) is 24.3 Å². The van der Waals surface area contributed by atoms with E-state index in [1.54, 1.807) is 12.2 Å². The van der Waals surface area contributed by atoms with E-state index in [0.29, 0.717) is 19.3 Å². The van der Waals surface area contributed by atoms with Gasteiger partial charge in [0, 0.05) is 19.4 Å². The second-order valence-corrected chi connectivity index (χ2v) is 17.3. The molecular formula is C47H88NO9P. The summed E-state index contributed by atoms with van der Waals surface area (Å²) < 4.78 is 32.7. The van der Waals surface area contributed by atoms with Gasteiger partial charge in [-0.15, -0.1) is 0 Å². The highest BCUT2D eigenvalue weighted by Crippen LogP contribution is 2.43. The summed E-state index contributed by atoms with van der Waals surface area (Å²) in [4.78, 5) is 35.0. The van der Waals surface area contributed by atoms with Crippen molar-refractivity contribution in [2.24, 2.45) is 5.73 Å². The highest BCUT2D eigenvalue weighted by Gasteiger charge is 2.26. The molecule has 0 rings (SSSR count). The van der Waals surface area contributed by atoms with Crippen LogP contribution < -0.4 is 5.73 Å². The second-order valence-electron chi connectivity index (χ2n) is 15.8. The van der Waals surface area contributed by atoms with Crippen molar-refractivity contribution in [1.82, 2.24) is 0 Å². The first kappa shape index (κ1) is 56.2. The van der Waals surface area contributed by atoms with Crippen molar-refractivity contribution in [2.45, 2.75) is 225 Å². The molecule has 0 aromatic heterocycles. The molecule has 58 heavy (non-hydrogen) atoms. The minimum Gasteiger partial charge on any atom is -0.462 e. The summed E-state index contributed by atoms with van der Waals surface area (Å²) in [5.74, 6) is -1.02. The van der Waals surface area contributed by atoms with Gasteiger partial charge in [0.2, 0.25) is 0 Å². The van der Waals surface area contributed by atoms with E-state index in [9.17, 15) is 24.2 Å². The van der Waals surface area contributed by atoms with E-state index in [-0.39, 0.29) is 32.6 Å². The number of nitrogens with two attached hydrogens (primary N) is 1. The standard InChI is InChI=1S/C47H88NO9P/c1-3-5-7-9-11-13-15-17-18-19-20-21-22-24-26-28-30-32-34-38-46(50)54-42-45(43-56-58(52,53)55-41-40-48)57-47(51)39-35-37-44(49)36-33-31-29-27-25-23-16-14-12-10-8-6-4-2/h23,25,29,31,33,36,44-45,49H,3-22,24,26-28,30,32,34-35,37-43,48H2,1-2H3,(H,52,53)/b25-23+,31-29+,36-33+/t44?,45-/m1/s1. The van der Waals surface area contributed by atoms with Crippen LogP contribution in [0.4, 0.5) is 0 Å². The Morgan fingerprint density at radius 2 is 1.10 bits per heavy atom. The van der Waals surface area contributed by atoms with Crippen LogP contribution in [0, 0.1) is 0 Å². The molecule has 0 aromatic carbocycles. The van der Waals surface area contributed by atoms with Crippen LogP contribution in [0.2, 0.25) is 0 Å². The fourth-order valence-corrected chi connectivity index (χ4v) is 7.35. The van der Waals surface area contributed by atoms with Gasteiger partial charge in [0.05, 0.1) is 19.3 Å². The number of hydrogen-bond donors (Lipinski definition) is 3.